The molecule has 0 aliphatic rings. The number of carbonyl (C=O) groups excluding carboxylic acids is 4. The van der Waals surface area contributed by atoms with Crippen LogP contribution in [0.1, 0.15) is 67.7 Å². The lowest BCUT2D eigenvalue weighted by atomic mass is 9.89. The van der Waals surface area contributed by atoms with Crippen LogP contribution in [0.25, 0.3) is 0 Å². The van der Waals surface area contributed by atoms with E-state index in [0.29, 0.717) is 18.8 Å². The highest BCUT2D eigenvalue weighted by atomic mass is 16.3. The summed E-state index contributed by atoms with van der Waals surface area (Å²) in [5, 5.41) is 11.9. The van der Waals surface area contributed by atoms with E-state index in [-0.39, 0.29) is 40.3 Å². The second kappa shape index (κ2) is 12.0. The maximum absolute atomic E-state index is 11.1. The molecule has 1 aromatic carbocycles. The van der Waals surface area contributed by atoms with Crippen molar-refractivity contribution >= 4 is 23.8 Å². The molecule has 2 unspecified atom stereocenters. The molecule has 0 aromatic heterocycles. The Labute approximate surface area is 155 Å². The summed E-state index contributed by atoms with van der Waals surface area (Å²) in [5.41, 5.74) is 0.377. The largest absolute Gasteiger partial charge is 0.507 e. The number of nitrogens with one attached hydrogen (secondary N) is 1. The molecule has 0 aliphatic carbocycles. The lowest BCUT2D eigenvalue weighted by Gasteiger charge is -2.15. The van der Waals surface area contributed by atoms with E-state index in [1.54, 1.807) is 13.1 Å². The Morgan fingerprint density at radius 2 is 1.81 bits per heavy atom. The number of rotatable bonds is 8. The molecule has 6 nitrogen and oxygen atoms in total. The Morgan fingerprint density at radius 3 is 2.19 bits per heavy atom. The number of carbonyl (C=O) groups is 4. The highest BCUT2D eigenvalue weighted by molar-refractivity contribution is 6.08. The molecule has 6 heteroatoms. The highest BCUT2D eigenvalue weighted by Gasteiger charge is 2.16. The van der Waals surface area contributed by atoms with Gasteiger partial charge in [0.1, 0.15) is 12.0 Å². The molecule has 1 amide bonds. The van der Waals surface area contributed by atoms with E-state index in [2.05, 4.69) is 12.2 Å². The highest BCUT2D eigenvalue weighted by Crippen LogP contribution is 2.21. The van der Waals surface area contributed by atoms with Crippen molar-refractivity contribution in [2.45, 2.75) is 47.0 Å². The van der Waals surface area contributed by atoms with Gasteiger partial charge in [-0.3, -0.25) is 14.4 Å². The first-order valence-electron chi connectivity index (χ1n) is 8.69. The molecule has 2 atom stereocenters. The van der Waals surface area contributed by atoms with Gasteiger partial charge in [-0.1, -0.05) is 32.4 Å². The first-order valence-corrected chi connectivity index (χ1v) is 8.69. The maximum Gasteiger partial charge on any atom is 0.219 e. The fourth-order valence-electron chi connectivity index (χ4n) is 2.42. The average Bonchev–Trinajstić information content (AvgIpc) is 2.61. The molecule has 0 aliphatic heterocycles. The van der Waals surface area contributed by atoms with Crippen LogP contribution in [0.5, 0.6) is 5.75 Å². The van der Waals surface area contributed by atoms with Crippen LogP contribution in [0.4, 0.5) is 0 Å². The van der Waals surface area contributed by atoms with Gasteiger partial charge >= 0.3 is 0 Å². The molecule has 0 fully saturated rings. The SMILES string of the molecule is CC(=O)c1cccc(O)c1C(C)=O.CCC(C)C(C=O)CCC(=O)NC. The molecule has 1 rings (SSSR count). The maximum atomic E-state index is 11.1. The topological polar surface area (TPSA) is 101 Å². The van der Waals surface area contributed by atoms with Crippen molar-refractivity contribution < 1.29 is 24.3 Å². The molecule has 0 spiro atoms. The minimum absolute atomic E-state index is 0.00940. The zero-order valence-electron chi connectivity index (χ0n) is 16.2. The molecule has 26 heavy (non-hydrogen) atoms. The Morgan fingerprint density at radius 1 is 1.19 bits per heavy atom. The fraction of sp³-hybridized carbons (Fsp3) is 0.500. The van der Waals surface area contributed by atoms with E-state index in [4.69, 9.17) is 0 Å². The standard InChI is InChI=1S/C10H19NO2.C10H10O3/c1-4-8(2)9(7-12)5-6-10(13)11-3;1-6(11)8-4-3-5-9(13)10(8)7(2)12/h7-9H,4-6H2,1-3H3,(H,11,13);3-5,13H,1-2H3. The quantitative estimate of drug-likeness (QED) is 0.546. The minimum Gasteiger partial charge on any atom is -0.507 e. The molecule has 0 heterocycles. The van der Waals surface area contributed by atoms with Gasteiger partial charge in [0.15, 0.2) is 11.6 Å². The van der Waals surface area contributed by atoms with E-state index in [0.717, 1.165) is 12.7 Å². The molecular weight excluding hydrogens is 334 g/mol. The summed E-state index contributed by atoms with van der Waals surface area (Å²) in [6.45, 7) is 6.78. The lowest BCUT2D eigenvalue weighted by molar-refractivity contribution is -0.121. The monoisotopic (exact) mass is 363 g/mol. The number of phenolic OH excluding ortho intramolecular Hbond substituents is 1. The van der Waals surface area contributed by atoms with E-state index >= 15 is 0 Å². The van der Waals surface area contributed by atoms with Crippen LogP contribution in [-0.4, -0.2) is 35.9 Å². The average molecular weight is 363 g/mol. The predicted octanol–water partition coefficient (Wildman–Crippen LogP) is 3.17. The molecule has 0 bridgehead atoms. The summed E-state index contributed by atoms with van der Waals surface area (Å²) < 4.78 is 0. The van der Waals surface area contributed by atoms with Crippen LogP contribution in [0, 0.1) is 11.8 Å². The molecule has 0 saturated heterocycles. The van der Waals surface area contributed by atoms with Crippen LogP contribution < -0.4 is 5.32 Å². The van der Waals surface area contributed by atoms with Crippen molar-refractivity contribution in [2.24, 2.45) is 11.8 Å². The molecule has 1 aromatic rings. The van der Waals surface area contributed by atoms with Gasteiger partial charge in [-0.15, -0.1) is 0 Å². The fourth-order valence-corrected chi connectivity index (χ4v) is 2.42. The Kier molecular flexibility index (Phi) is 10.8. The number of amides is 1. The number of benzene rings is 1. The Balaban J connectivity index is 0.000000481. The van der Waals surface area contributed by atoms with Gasteiger partial charge in [0.2, 0.25) is 5.91 Å². The number of hydrogen-bond donors (Lipinski definition) is 2. The molecule has 0 radical (unpaired) electrons. The zero-order chi connectivity index (χ0) is 20.3. The van der Waals surface area contributed by atoms with E-state index < -0.39 is 0 Å². The number of phenols is 1. The summed E-state index contributed by atoms with van der Waals surface area (Å²) >= 11 is 0. The van der Waals surface area contributed by atoms with E-state index in [1.807, 2.05) is 6.92 Å². The van der Waals surface area contributed by atoms with Gasteiger partial charge in [0.05, 0.1) is 5.56 Å². The van der Waals surface area contributed by atoms with Gasteiger partial charge in [-0.2, -0.15) is 0 Å². The summed E-state index contributed by atoms with van der Waals surface area (Å²) in [7, 11) is 1.61. The number of aldehydes is 1. The summed E-state index contributed by atoms with van der Waals surface area (Å²) in [5.74, 6) is -0.246. The second-order valence-corrected chi connectivity index (χ2v) is 6.21. The number of ketones is 2. The van der Waals surface area contributed by atoms with E-state index in [9.17, 15) is 24.3 Å². The minimum atomic E-state index is -0.302. The van der Waals surface area contributed by atoms with Gasteiger partial charge in [-0.25, -0.2) is 0 Å². The summed E-state index contributed by atoms with van der Waals surface area (Å²) in [6.07, 6.45) is 3.07. The van der Waals surface area contributed by atoms with Crippen molar-refractivity contribution in [3.8, 4) is 5.75 Å². The third kappa shape index (κ3) is 7.59. The smallest absolute Gasteiger partial charge is 0.219 e. The number of hydrogen-bond acceptors (Lipinski definition) is 5. The van der Waals surface area contributed by atoms with Crippen molar-refractivity contribution in [1.82, 2.24) is 5.32 Å². The van der Waals surface area contributed by atoms with Gasteiger partial charge in [0.25, 0.3) is 0 Å². The van der Waals surface area contributed by atoms with Gasteiger partial charge in [-0.05, 0) is 32.3 Å². The number of aromatic hydroxyl groups is 1. The van der Waals surface area contributed by atoms with Crippen LogP contribution >= 0.6 is 0 Å². The van der Waals surface area contributed by atoms with Crippen molar-refractivity contribution in [3.63, 3.8) is 0 Å². The third-order valence-electron chi connectivity index (χ3n) is 4.31. The van der Waals surface area contributed by atoms with Crippen molar-refractivity contribution in [1.29, 1.82) is 0 Å². The lowest BCUT2D eigenvalue weighted by Crippen LogP contribution is -2.21. The summed E-state index contributed by atoms with van der Waals surface area (Å²) in [6, 6.07) is 4.46. The zero-order valence-corrected chi connectivity index (χ0v) is 16.2. The second-order valence-electron chi connectivity index (χ2n) is 6.21. The van der Waals surface area contributed by atoms with Crippen LogP contribution in [0.2, 0.25) is 0 Å². The third-order valence-corrected chi connectivity index (χ3v) is 4.31. The first-order chi connectivity index (χ1) is 12.2. The molecule has 144 valence electrons. The Hall–Kier alpha value is -2.50. The Bertz CT molecular complexity index is 639. The van der Waals surface area contributed by atoms with Gasteiger partial charge in [0, 0.05) is 24.9 Å². The molecule has 0 saturated carbocycles. The molecular formula is C20H29NO5. The van der Waals surface area contributed by atoms with E-state index in [1.165, 1.54) is 26.0 Å². The number of Topliss-reactive ketones (excluding diaryl/α,β-unsaturated/α-hetero) is 2. The molecule has 2 N–H and O–H groups in total. The normalized spacial score (nSPS) is 12.2. The van der Waals surface area contributed by atoms with Crippen LogP contribution in [-0.2, 0) is 9.59 Å². The van der Waals surface area contributed by atoms with Crippen LogP contribution in [0.15, 0.2) is 18.2 Å². The van der Waals surface area contributed by atoms with Crippen LogP contribution in [0.3, 0.4) is 0 Å². The van der Waals surface area contributed by atoms with Crippen molar-refractivity contribution in [2.75, 3.05) is 7.05 Å². The van der Waals surface area contributed by atoms with Gasteiger partial charge < -0.3 is 15.2 Å². The summed E-state index contributed by atoms with van der Waals surface area (Å²) in [4.78, 5) is 43.7. The first kappa shape index (κ1) is 23.5. The predicted molar refractivity (Wildman–Crippen MR) is 100 cm³/mol. The van der Waals surface area contributed by atoms with Crippen molar-refractivity contribution in [3.05, 3.63) is 29.3 Å².